The van der Waals surface area contributed by atoms with Crippen LogP contribution in [0.15, 0.2) is 36.5 Å². The molecule has 108 valence electrons. The minimum Gasteiger partial charge on any atom is -0.369 e. The highest BCUT2D eigenvalue weighted by Crippen LogP contribution is 2.31. The Kier molecular flexibility index (Phi) is 3.00. The topological polar surface area (TPSA) is 69.6 Å². The van der Waals surface area contributed by atoms with Gasteiger partial charge in [-0.2, -0.15) is 23.4 Å². The Hall–Kier alpha value is -2.64. The zero-order valence-electron chi connectivity index (χ0n) is 10.7. The summed E-state index contributed by atoms with van der Waals surface area (Å²) in [4.78, 5) is 3.98. The van der Waals surface area contributed by atoms with Crippen LogP contribution in [0.1, 0.15) is 11.3 Å². The summed E-state index contributed by atoms with van der Waals surface area (Å²) in [5.41, 5.74) is 6.39. The molecular formula is C13H10F3N5. The number of anilines is 1. The van der Waals surface area contributed by atoms with Crippen LogP contribution in [-0.2, 0) is 12.7 Å². The Morgan fingerprint density at radius 1 is 1.19 bits per heavy atom. The lowest BCUT2D eigenvalue weighted by atomic mass is 10.2. The van der Waals surface area contributed by atoms with Crippen LogP contribution in [0.25, 0.3) is 11.0 Å². The van der Waals surface area contributed by atoms with Gasteiger partial charge in [0.25, 0.3) is 0 Å². The van der Waals surface area contributed by atoms with Crippen molar-refractivity contribution in [1.29, 1.82) is 0 Å². The number of alkyl halides is 3. The summed E-state index contributed by atoms with van der Waals surface area (Å²) in [6.07, 6.45) is -2.87. The van der Waals surface area contributed by atoms with E-state index in [0.717, 1.165) is 12.1 Å². The first-order chi connectivity index (χ1) is 9.95. The lowest BCUT2D eigenvalue weighted by Crippen LogP contribution is -2.07. The first-order valence-electron chi connectivity index (χ1n) is 6.05. The molecule has 21 heavy (non-hydrogen) atoms. The highest BCUT2D eigenvalue weighted by Gasteiger charge is 2.31. The van der Waals surface area contributed by atoms with E-state index in [4.69, 9.17) is 5.73 Å². The summed E-state index contributed by atoms with van der Waals surface area (Å²) in [5, 5.41) is 7.67. The number of nitrogens with zero attached hydrogens (tertiary/aromatic N) is 4. The first-order valence-corrected chi connectivity index (χ1v) is 6.05. The number of aromatic nitrogens is 4. The molecule has 2 heterocycles. The molecule has 0 fully saturated rings. The summed E-state index contributed by atoms with van der Waals surface area (Å²) in [5.74, 6) is 0.134. The standard InChI is InChI=1S/C13H10F3N5/c14-13(15,16)8-3-4-11-10(6-8)19-12(17)21(11)7-9-2-1-5-18-20-9/h1-6H,7H2,(H2,17,19). The van der Waals surface area contributed by atoms with Crippen LogP contribution in [0.4, 0.5) is 19.1 Å². The van der Waals surface area contributed by atoms with E-state index in [2.05, 4.69) is 15.2 Å². The molecule has 0 aliphatic rings. The molecule has 8 heteroatoms. The Balaban J connectivity index is 2.06. The van der Waals surface area contributed by atoms with Crippen LogP contribution < -0.4 is 5.73 Å². The molecule has 0 saturated heterocycles. The molecule has 3 rings (SSSR count). The van der Waals surface area contributed by atoms with Crippen LogP contribution in [0.2, 0.25) is 0 Å². The molecule has 0 aliphatic heterocycles. The highest BCUT2D eigenvalue weighted by molar-refractivity contribution is 5.79. The van der Waals surface area contributed by atoms with Crippen molar-refractivity contribution in [3.8, 4) is 0 Å². The molecule has 0 unspecified atom stereocenters. The van der Waals surface area contributed by atoms with Gasteiger partial charge in [0.2, 0.25) is 5.95 Å². The third kappa shape index (κ3) is 2.51. The second-order valence-corrected chi connectivity index (χ2v) is 4.47. The van der Waals surface area contributed by atoms with E-state index in [9.17, 15) is 13.2 Å². The molecule has 0 amide bonds. The van der Waals surface area contributed by atoms with Gasteiger partial charge in [0.1, 0.15) is 0 Å². The molecule has 1 aromatic carbocycles. The Morgan fingerprint density at radius 3 is 2.67 bits per heavy atom. The van der Waals surface area contributed by atoms with Crippen molar-refractivity contribution in [2.75, 3.05) is 5.73 Å². The maximum Gasteiger partial charge on any atom is 0.416 e. The number of nitrogens with two attached hydrogens (primary N) is 1. The largest absolute Gasteiger partial charge is 0.416 e. The average molecular weight is 293 g/mol. The molecule has 0 aliphatic carbocycles. The fourth-order valence-corrected chi connectivity index (χ4v) is 2.07. The summed E-state index contributed by atoms with van der Waals surface area (Å²) in [6.45, 7) is 0.293. The van der Waals surface area contributed by atoms with Gasteiger partial charge in [-0.05, 0) is 30.3 Å². The zero-order valence-corrected chi connectivity index (χ0v) is 10.7. The number of benzene rings is 1. The smallest absolute Gasteiger partial charge is 0.369 e. The quantitative estimate of drug-likeness (QED) is 0.788. The van der Waals surface area contributed by atoms with Crippen LogP contribution in [-0.4, -0.2) is 19.7 Å². The van der Waals surface area contributed by atoms with Gasteiger partial charge in [0.15, 0.2) is 0 Å². The maximum atomic E-state index is 12.7. The van der Waals surface area contributed by atoms with Crippen molar-refractivity contribution in [1.82, 2.24) is 19.7 Å². The van der Waals surface area contributed by atoms with E-state index >= 15 is 0 Å². The Labute approximate surface area is 117 Å². The number of rotatable bonds is 2. The molecule has 3 aromatic rings. The van der Waals surface area contributed by atoms with Gasteiger partial charge >= 0.3 is 6.18 Å². The Morgan fingerprint density at radius 2 is 2.00 bits per heavy atom. The van der Waals surface area contributed by atoms with Crippen LogP contribution in [0.5, 0.6) is 0 Å². The van der Waals surface area contributed by atoms with Crippen molar-refractivity contribution < 1.29 is 13.2 Å². The number of halogens is 3. The van der Waals surface area contributed by atoms with Gasteiger partial charge < -0.3 is 10.3 Å². The summed E-state index contributed by atoms with van der Waals surface area (Å²) in [7, 11) is 0. The van der Waals surface area contributed by atoms with E-state index in [1.807, 2.05) is 0 Å². The average Bonchev–Trinajstić information content (AvgIpc) is 2.75. The summed E-state index contributed by atoms with van der Waals surface area (Å²) >= 11 is 0. The third-order valence-corrected chi connectivity index (χ3v) is 3.05. The van der Waals surface area contributed by atoms with Crippen molar-refractivity contribution in [2.24, 2.45) is 0 Å². The predicted molar refractivity (Wildman–Crippen MR) is 70.3 cm³/mol. The van der Waals surface area contributed by atoms with E-state index in [1.54, 1.807) is 16.7 Å². The Bertz CT molecular complexity index is 780. The molecule has 0 saturated carbocycles. The van der Waals surface area contributed by atoms with Gasteiger partial charge in [-0.25, -0.2) is 4.98 Å². The monoisotopic (exact) mass is 293 g/mol. The molecule has 0 bridgehead atoms. The second-order valence-electron chi connectivity index (χ2n) is 4.47. The van der Waals surface area contributed by atoms with Crippen LogP contribution in [0, 0.1) is 0 Å². The number of fused-ring (bicyclic) bond motifs is 1. The fraction of sp³-hybridized carbons (Fsp3) is 0.154. The van der Waals surface area contributed by atoms with Crippen molar-refractivity contribution in [3.63, 3.8) is 0 Å². The zero-order chi connectivity index (χ0) is 15.0. The second kappa shape index (κ2) is 4.72. The number of hydrogen-bond acceptors (Lipinski definition) is 4. The third-order valence-electron chi connectivity index (χ3n) is 3.05. The first kappa shape index (κ1) is 13.3. The normalized spacial score (nSPS) is 12.0. The fourth-order valence-electron chi connectivity index (χ4n) is 2.07. The lowest BCUT2D eigenvalue weighted by molar-refractivity contribution is -0.137. The van der Waals surface area contributed by atoms with Crippen molar-refractivity contribution in [2.45, 2.75) is 12.7 Å². The van der Waals surface area contributed by atoms with Gasteiger partial charge in [-0.15, -0.1) is 0 Å². The molecule has 5 nitrogen and oxygen atoms in total. The van der Waals surface area contributed by atoms with E-state index in [-0.39, 0.29) is 11.5 Å². The van der Waals surface area contributed by atoms with Gasteiger partial charge in [0.05, 0.1) is 28.8 Å². The number of nitrogen functional groups attached to an aromatic ring is 1. The van der Waals surface area contributed by atoms with E-state index in [1.165, 1.54) is 12.3 Å². The van der Waals surface area contributed by atoms with Crippen LogP contribution >= 0.6 is 0 Å². The van der Waals surface area contributed by atoms with E-state index in [0.29, 0.717) is 17.8 Å². The molecule has 2 N–H and O–H groups in total. The SMILES string of the molecule is Nc1nc2cc(C(F)(F)F)ccc2n1Cc1cccnn1. The molecule has 0 radical (unpaired) electrons. The van der Waals surface area contributed by atoms with Gasteiger partial charge in [0, 0.05) is 6.20 Å². The molecule has 0 spiro atoms. The number of imidazole rings is 1. The van der Waals surface area contributed by atoms with Crippen LogP contribution in [0.3, 0.4) is 0 Å². The molecular weight excluding hydrogens is 283 g/mol. The van der Waals surface area contributed by atoms with E-state index < -0.39 is 11.7 Å². The van der Waals surface area contributed by atoms with Crippen molar-refractivity contribution >= 4 is 17.0 Å². The van der Waals surface area contributed by atoms with Gasteiger partial charge in [-0.1, -0.05) is 0 Å². The number of hydrogen-bond donors (Lipinski definition) is 1. The van der Waals surface area contributed by atoms with Crippen molar-refractivity contribution in [3.05, 3.63) is 47.8 Å². The highest BCUT2D eigenvalue weighted by atomic mass is 19.4. The molecule has 0 atom stereocenters. The summed E-state index contributed by atoms with van der Waals surface area (Å²) in [6, 6.07) is 6.83. The lowest BCUT2D eigenvalue weighted by Gasteiger charge is -2.07. The summed E-state index contributed by atoms with van der Waals surface area (Å²) < 4.78 is 39.7. The minimum absolute atomic E-state index is 0.134. The maximum absolute atomic E-state index is 12.7. The molecule has 2 aromatic heterocycles. The minimum atomic E-state index is -4.41. The predicted octanol–water partition coefficient (Wildman–Crippen LogP) is 2.48. The van der Waals surface area contributed by atoms with Gasteiger partial charge in [-0.3, -0.25) is 0 Å².